The fraction of sp³-hybridized carbons (Fsp3) is 0.545. The van der Waals surface area contributed by atoms with Crippen LogP contribution in [0.25, 0.3) is 0 Å². The van der Waals surface area contributed by atoms with Crippen LogP contribution in [0.15, 0.2) is 29.9 Å². The molecular weight excluding hydrogens is 548 g/mol. The van der Waals surface area contributed by atoms with Gasteiger partial charge in [-0.25, -0.2) is 14.6 Å². The minimum absolute atomic E-state index is 0.129. The molecule has 212 valence electrons. The Morgan fingerprint density at radius 2 is 1.71 bits per heavy atom. The Hall–Kier alpha value is -2.82. The highest BCUT2D eigenvalue weighted by Crippen LogP contribution is 2.32. The molecule has 2 aromatic rings. The molecule has 2 N–H and O–H groups in total. The van der Waals surface area contributed by atoms with E-state index in [0.29, 0.717) is 12.6 Å². The Bertz CT molecular complexity index is 1010. The van der Waals surface area contributed by atoms with Gasteiger partial charge in [0, 0.05) is 42.7 Å². The van der Waals surface area contributed by atoms with Gasteiger partial charge in [-0.3, -0.25) is 9.88 Å². The van der Waals surface area contributed by atoms with Crippen LogP contribution in [0.2, 0.25) is 0 Å². The van der Waals surface area contributed by atoms with Gasteiger partial charge in [-0.2, -0.15) is 26.3 Å². The van der Waals surface area contributed by atoms with Gasteiger partial charge in [-0.15, -0.1) is 11.3 Å². The number of rotatable bonds is 5. The van der Waals surface area contributed by atoms with E-state index in [4.69, 9.17) is 29.3 Å². The maximum Gasteiger partial charge on any atom is 0.490 e. The number of carboxylic acid groups (broad SMARTS) is 2. The van der Waals surface area contributed by atoms with Crippen molar-refractivity contribution in [3.05, 3.63) is 46.2 Å². The number of alkyl halides is 6. The van der Waals surface area contributed by atoms with Crippen molar-refractivity contribution in [3.63, 3.8) is 0 Å². The first-order chi connectivity index (χ1) is 17.7. The van der Waals surface area contributed by atoms with E-state index in [-0.39, 0.29) is 12.2 Å². The molecule has 2 aromatic heterocycles. The molecule has 4 heterocycles. The lowest BCUT2D eigenvalue weighted by molar-refractivity contribution is -0.193. The second-order valence-electron chi connectivity index (χ2n) is 8.17. The molecule has 0 amide bonds. The first-order valence-electron chi connectivity index (χ1n) is 11.1. The van der Waals surface area contributed by atoms with Crippen LogP contribution < -0.4 is 0 Å². The lowest BCUT2D eigenvalue weighted by Gasteiger charge is -2.32. The van der Waals surface area contributed by atoms with Crippen LogP contribution >= 0.6 is 11.3 Å². The number of pyridine rings is 1. The number of carboxylic acids is 2. The first kappa shape index (κ1) is 31.4. The van der Waals surface area contributed by atoms with Gasteiger partial charge < -0.3 is 19.7 Å². The van der Waals surface area contributed by atoms with Gasteiger partial charge in [0.05, 0.1) is 19.3 Å². The van der Waals surface area contributed by atoms with Crippen LogP contribution in [0.4, 0.5) is 26.3 Å². The lowest BCUT2D eigenvalue weighted by Crippen LogP contribution is -2.41. The summed E-state index contributed by atoms with van der Waals surface area (Å²) in [7, 11) is 0. The Morgan fingerprint density at radius 3 is 2.21 bits per heavy atom. The number of nitrogens with zero attached hydrogens (tertiary/aromatic N) is 3. The number of thiazole rings is 1. The average molecular weight is 574 g/mol. The van der Waals surface area contributed by atoms with Crippen molar-refractivity contribution in [1.82, 2.24) is 14.9 Å². The van der Waals surface area contributed by atoms with Gasteiger partial charge in [-0.1, -0.05) is 0 Å². The van der Waals surface area contributed by atoms with Crippen LogP contribution in [0.3, 0.4) is 0 Å². The third kappa shape index (κ3) is 10.2. The van der Waals surface area contributed by atoms with Gasteiger partial charge in [0.15, 0.2) is 0 Å². The number of fused-ring (bicyclic) bond motifs is 1. The number of aromatic nitrogens is 2. The van der Waals surface area contributed by atoms with Crippen LogP contribution in [0.1, 0.15) is 29.1 Å². The van der Waals surface area contributed by atoms with Crippen LogP contribution in [-0.2, 0) is 32.2 Å². The number of hydrogen-bond donors (Lipinski definition) is 2. The van der Waals surface area contributed by atoms with E-state index in [1.54, 1.807) is 11.3 Å². The van der Waals surface area contributed by atoms with E-state index in [9.17, 15) is 26.3 Å². The maximum atomic E-state index is 10.6. The molecule has 0 spiro atoms. The van der Waals surface area contributed by atoms with E-state index in [1.165, 1.54) is 11.4 Å². The summed E-state index contributed by atoms with van der Waals surface area (Å²) in [4.78, 5) is 29.0. The highest BCUT2D eigenvalue weighted by molar-refractivity contribution is 7.09. The molecule has 16 heteroatoms. The number of halogens is 6. The Kier molecular flexibility index (Phi) is 11.4. The molecule has 2 aliphatic heterocycles. The van der Waals surface area contributed by atoms with E-state index in [1.807, 2.05) is 24.5 Å². The number of aliphatic carboxylic acids is 2. The largest absolute Gasteiger partial charge is 0.490 e. The van der Waals surface area contributed by atoms with Crippen molar-refractivity contribution >= 4 is 23.3 Å². The van der Waals surface area contributed by atoms with Crippen molar-refractivity contribution in [3.8, 4) is 0 Å². The molecule has 0 saturated carbocycles. The summed E-state index contributed by atoms with van der Waals surface area (Å²) in [6, 6.07) is 4.46. The highest BCUT2D eigenvalue weighted by atomic mass is 32.1. The minimum atomic E-state index is -5.08. The van der Waals surface area contributed by atoms with Gasteiger partial charge in [0.25, 0.3) is 0 Å². The standard InChI is InChI=1S/C18H23N3O2S.2C2HF3O2/c1-13-12-24-17(20-13)10-21-9-16(18-15(21)3-2-8-22-18)23-11-14-4-6-19-7-5-14;2*3-2(4,5)1(6)7/h4-7,12,15-16,18H,2-3,8-11H2,1H3;2*(H,6,7)/t15-,16+,18+;;/m1../s1. The molecule has 4 rings (SSSR count). The molecule has 38 heavy (non-hydrogen) atoms. The van der Waals surface area contributed by atoms with Crippen molar-refractivity contribution in [2.75, 3.05) is 13.2 Å². The SMILES string of the molecule is Cc1csc(CN2C[C@H](OCc3ccncc3)[C@H]3OCCC[C@H]32)n1.O=C(O)C(F)(F)F.O=C(O)C(F)(F)F. The molecule has 0 aliphatic carbocycles. The summed E-state index contributed by atoms with van der Waals surface area (Å²) in [5, 5.41) is 17.6. The minimum Gasteiger partial charge on any atom is -0.475 e. The third-order valence-electron chi connectivity index (χ3n) is 5.29. The van der Waals surface area contributed by atoms with E-state index in [2.05, 4.69) is 27.2 Å². The van der Waals surface area contributed by atoms with E-state index >= 15 is 0 Å². The summed E-state index contributed by atoms with van der Waals surface area (Å²) < 4.78 is 75.8. The Labute approximate surface area is 217 Å². The number of likely N-dealkylation sites (tertiary alicyclic amines) is 1. The lowest BCUT2D eigenvalue weighted by atomic mass is 10.0. The molecule has 3 atom stereocenters. The number of hydrogen-bond acceptors (Lipinski definition) is 8. The van der Waals surface area contributed by atoms with Gasteiger partial charge in [-0.05, 0) is 37.5 Å². The smallest absolute Gasteiger partial charge is 0.475 e. The Morgan fingerprint density at radius 1 is 1.13 bits per heavy atom. The van der Waals surface area contributed by atoms with Gasteiger partial charge >= 0.3 is 24.3 Å². The highest BCUT2D eigenvalue weighted by Gasteiger charge is 2.44. The normalized spacial score (nSPS) is 21.4. The summed E-state index contributed by atoms with van der Waals surface area (Å²) in [5.41, 5.74) is 2.27. The second kappa shape index (κ2) is 13.8. The predicted octanol–water partition coefficient (Wildman–Crippen LogP) is 4.06. The zero-order valence-electron chi connectivity index (χ0n) is 19.9. The molecule has 0 radical (unpaired) electrons. The second-order valence-corrected chi connectivity index (χ2v) is 9.11. The zero-order valence-corrected chi connectivity index (χ0v) is 20.7. The summed E-state index contributed by atoms with van der Waals surface area (Å²) >= 11 is 1.75. The van der Waals surface area contributed by atoms with Crippen LogP contribution in [-0.4, -0.2) is 80.8 Å². The zero-order chi connectivity index (χ0) is 28.5. The molecule has 2 aliphatic rings. The maximum absolute atomic E-state index is 10.6. The predicted molar refractivity (Wildman–Crippen MR) is 120 cm³/mol. The van der Waals surface area contributed by atoms with E-state index in [0.717, 1.165) is 37.4 Å². The molecule has 0 aromatic carbocycles. The number of ether oxygens (including phenoxy) is 2. The molecular formula is C22H25F6N3O6S. The number of aryl methyl sites for hydroxylation is 1. The fourth-order valence-electron chi connectivity index (χ4n) is 3.66. The van der Waals surface area contributed by atoms with Crippen molar-refractivity contribution in [2.24, 2.45) is 0 Å². The summed E-state index contributed by atoms with van der Waals surface area (Å²) in [5.74, 6) is -5.51. The molecule has 9 nitrogen and oxygen atoms in total. The topological polar surface area (TPSA) is 122 Å². The van der Waals surface area contributed by atoms with Crippen molar-refractivity contribution in [2.45, 2.75) is 63.5 Å². The molecule has 2 fully saturated rings. The van der Waals surface area contributed by atoms with Crippen molar-refractivity contribution < 1.29 is 55.6 Å². The third-order valence-corrected chi connectivity index (χ3v) is 6.24. The summed E-state index contributed by atoms with van der Waals surface area (Å²) in [6.07, 6.45) is -3.92. The van der Waals surface area contributed by atoms with Gasteiger partial charge in [0.2, 0.25) is 0 Å². The molecule has 0 bridgehead atoms. The fourth-order valence-corrected chi connectivity index (χ4v) is 4.46. The number of carbonyl (C=O) groups is 2. The quantitative estimate of drug-likeness (QED) is 0.510. The average Bonchev–Trinajstić information content (AvgIpc) is 3.41. The Balaban J connectivity index is 0.000000301. The van der Waals surface area contributed by atoms with Crippen LogP contribution in [0, 0.1) is 6.92 Å². The summed E-state index contributed by atoms with van der Waals surface area (Å²) in [6.45, 7) is 5.33. The van der Waals surface area contributed by atoms with E-state index < -0.39 is 24.3 Å². The van der Waals surface area contributed by atoms with Gasteiger partial charge in [0.1, 0.15) is 11.1 Å². The molecule has 2 saturated heterocycles. The van der Waals surface area contributed by atoms with Crippen LogP contribution in [0.5, 0.6) is 0 Å². The first-order valence-corrected chi connectivity index (χ1v) is 11.9. The van der Waals surface area contributed by atoms with Crippen molar-refractivity contribution in [1.29, 1.82) is 0 Å². The monoisotopic (exact) mass is 573 g/mol. The molecule has 0 unspecified atom stereocenters.